The molecule has 0 N–H and O–H groups in total. The lowest BCUT2D eigenvalue weighted by atomic mass is 10.4. The van der Waals surface area contributed by atoms with Crippen molar-refractivity contribution in [1.82, 2.24) is 9.55 Å². The molecule has 0 amide bonds. The molecule has 0 aliphatic rings. The van der Waals surface area contributed by atoms with Gasteiger partial charge >= 0.3 is 0 Å². The fourth-order valence-electron chi connectivity index (χ4n) is 1.23. The third-order valence-corrected chi connectivity index (χ3v) is 2.79. The van der Waals surface area contributed by atoms with E-state index in [-0.39, 0.29) is 10.7 Å². The van der Waals surface area contributed by atoms with Crippen LogP contribution in [0.3, 0.4) is 0 Å². The monoisotopic (exact) mass is 232 g/mol. The highest BCUT2D eigenvalue weighted by Crippen LogP contribution is 2.03. The van der Waals surface area contributed by atoms with Crippen molar-refractivity contribution in [3.05, 3.63) is 27.4 Å². The van der Waals surface area contributed by atoms with E-state index in [1.54, 1.807) is 23.3 Å². The van der Waals surface area contributed by atoms with Gasteiger partial charge in [-0.3, -0.25) is 9.36 Å². The predicted octanol–water partition coefficient (Wildman–Crippen LogP) is 1.96. The standard InChI is InChI=1S/C9H13ClN2OS/c1-7-11-8(10)6-9(13)12(7)4-3-5-14-2/h6H,3-5H2,1-2H3. The smallest absolute Gasteiger partial charge is 0.254 e. The molecule has 0 radical (unpaired) electrons. The molecule has 1 heterocycles. The fourth-order valence-corrected chi connectivity index (χ4v) is 1.86. The van der Waals surface area contributed by atoms with Crippen LogP contribution in [0.5, 0.6) is 0 Å². The Morgan fingerprint density at radius 1 is 1.64 bits per heavy atom. The quantitative estimate of drug-likeness (QED) is 0.588. The minimum absolute atomic E-state index is 0.0661. The number of halogens is 1. The Morgan fingerprint density at radius 2 is 2.36 bits per heavy atom. The number of nitrogens with zero attached hydrogens (tertiary/aromatic N) is 2. The third kappa shape index (κ3) is 3.03. The van der Waals surface area contributed by atoms with E-state index in [4.69, 9.17) is 11.6 Å². The van der Waals surface area contributed by atoms with E-state index in [1.807, 2.05) is 0 Å². The van der Waals surface area contributed by atoms with Crippen LogP contribution in [0.1, 0.15) is 12.2 Å². The van der Waals surface area contributed by atoms with Crippen LogP contribution in [0.15, 0.2) is 10.9 Å². The van der Waals surface area contributed by atoms with Gasteiger partial charge in [-0.2, -0.15) is 11.8 Å². The van der Waals surface area contributed by atoms with Gasteiger partial charge in [0.25, 0.3) is 5.56 Å². The minimum Gasteiger partial charge on any atom is -0.297 e. The van der Waals surface area contributed by atoms with E-state index in [0.29, 0.717) is 5.82 Å². The topological polar surface area (TPSA) is 34.9 Å². The second kappa shape index (κ2) is 5.41. The molecule has 78 valence electrons. The summed E-state index contributed by atoms with van der Waals surface area (Å²) in [4.78, 5) is 15.5. The lowest BCUT2D eigenvalue weighted by molar-refractivity contribution is 0.621. The normalized spacial score (nSPS) is 10.5. The Hall–Kier alpha value is -0.480. The summed E-state index contributed by atoms with van der Waals surface area (Å²) >= 11 is 7.43. The van der Waals surface area contributed by atoms with E-state index >= 15 is 0 Å². The van der Waals surface area contributed by atoms with Gasteiger partial charge in [0.05, 0.1) is 0 Å². The highest BCUT2D eigenvalue weighted by molar-refractivity contribution is 7.98. The van der Waals surface area contributed by atoms with Crippen molar-refractivity contribution in [3.8, 4) is 0 Å². The SMILES string of the molecule is CSCCCn1c(C)nc(Cl)cc1=O. The van der Waals surface area contributed by atoms with Crippen molar-refractivity contribution >= 4 is 23.4 Å². The molecule has 5 heteroatoms. The third-order valence-electron chi connectivity index (χ3n) is 1.90. The first-order valence-electron chi connectivity index (χ1n) is 4.38. The largest absolute Gasteiger partial charge is 0.297 e. The molecule has 14 heavy (non-hydrogen) atoms. The molecule has 3 nitrogen and oxygen atoms in total. The Labute approximate surface area is 92.5 Å². The zero-order valence-corrected chi connectivity index (χ0v) is 9.86. The maximum absolute atomic E-state index is 11.5. The minimum atomic E-state index is -0.0661. The summed E-state index contributed by atoms with van der Waals surface area (Å²) < 4.78 is 1.65. The molecule has 0 aliphatic carbocycles. The summed E-state index contributed by atoms with van der Waals surface area (Å²) in [6.07, 6.45) is 3.03. The van der Waals surface area contributed by atoms with Gasteiger partial charge in [-0.1, -0.05) is 11.6 Å². The molecular formula is C9H13ClN2OS. The van der Waals surface area contributed by atoms with E-state index < -0.39 is 0 Å². The predicted molar refractivity (Wildman–Crippen MR) is 61.2 cm³/mol. The van der Waals surface area contributed by atoms with Crippen LogP contribution in [0.2, 0.25) is 5.15 Å². The van der Waals surface area contributed by atoms with Gasteiger partial charge in [-0.05, 0) is 25.4 Å². The van der Waals surface area contributed by atoms with Gasteiger partial charge in [-0.25, -0.2) is 4.98 Å². The van der Waals surface area contributed by atoms with Gasteiger partial charge in [0.1, 0.15) is 11.0 Å². The van der Waals surface area contributed by atoms with E-state index in [9.17, 15) is 4.79 Å². The van der Waals surface area contributed by atoms with Gasteiger partial charge in [0.15, 0.2) is 0 Å². The summed E-state index contributed by atoms with van der Waals surface area (Å²) in [7, 11) is 0. The molecule has 1 aromatic heterocycles. The molecule has 0 aliphatic heterocycles. The molecule has 1 rings (SSSR count). The summed E-state index contributed by atoms with van der Waals surface area (Å²) in [5.74, 6) is 1.73. The number of thioether (sulfide) groups is 1. The fraction of sp³-hybridized carbons (Fsp3) is 0.556. The number of hydrogen-bond acceptors (Lipinski definition) is 3. The van der Waals surface area contributed by atoms with Crippen LogP contribution >= 0.6 is 23.4 Å². The van der Waals surface area contributed by atoms with Crippen LogP contribution in [-0.2, 0) is 6.54 Å². The average Bonchev–Trinajstić information content (AvgIpc) is 2.09. The van der Waals surface area contributed by atoms with E-state index in [2.05, 4.69) is 11.2 Å². The van der Waals surface area contributed by atoms with Crippen LogP contribution in [-0.4, -0.2) is 21.6 Å². The second-order valence-electron chi connectivity index (χ2n) is 2.96. The van der Waals surface area contributed by atoms with E-state index in [1.165, 1.54) is 6.07 Å². The highest BCUT2D eigenvalue weighted by atomic mass is 35.5. The number of aryl methyl sites for hydroxylation is 1. The van der Waals surface area contributed by atoms with E-state index in [0.717, 1.165) is 18.7 Å². The first-order valence-corrected chi connectivity index (χ1v) is 6.15. The van der Waals surface area contributed by atoms with Crippen molar-refractivity contribution in [2.75, 3.05) is 12.0 Å². The van der Waals surface area contributed by atoms with Crippen LogP contribution < -0.4 is 5.56 Å². The molecule has 0 aromatic carbocycles. The van der Waals surface area contributed by atoms with Gasteiger partial charge in [0.2, 0.25) is 0 Å². The molecule has 0 spiro atoms. The van der Waals surface area contributed by atoms with Crippen molar-refractivity contribution in [2.24, 2.45) is 0 Å². The maximum atomic E-state index is 11.5. The molecule has 0 fully saturated rings. The lowest BCUT2D eigenvalue weighted by Crippen LogP contribution is -2.23. The Morgan fingerprint density at radius 3 is 2.93 bits per heavy atom. The molecule has 1 aromatic rings. The average molecular weight is 233 g/mol. The number of rotatable bonds is 4. The zero-order valence-electron chi connectivity index (χ0n) is 8.29. The Kier molecular flexibility index (Phi) is 4.48. The summed E-state index contributed by atoms with van der Waals surface area (Å²) in [5, 5.41) is 0.272. The summed E-state index contributed by atoms with van der Waals surface area (Å²) in [5.41, 5.74) is -0.0661. The lowest BCUT2D eigenvalue weighted by Gasteiger charge is -2.07. The van der Waals surface area contributed by atoms with Crippen molar-refractivity contribution < 1.29 is 0 Å². The van der Waals surface area contributed by atoms with Crippen molar-refractivity contribution in [3.63, 3.8) is 0 Å². The van der Waals surface area contributed by atoms with Crippen molar-refractivity contribution in [2.45, 2.75) is 19.9 Å². The highest BCUT2D eigenvalue weighted by Gasteiger charge is 2.02. The maximum Gasteiger partial charge on any atom is 0.254 e. The molecule has 0 saturated heterocycles. The molecular weight excluding hydrogens is 220 g/mol. The van der Waals surface area contributed by atoms with Gasteiger partial charge in [0, 0.05) is 12.6 Å². The first-order chi connectivity index (χ1) is 6.65. The Balaban J connectivity index is 2.81. The molecule has 0 unspecified atom stereocenters. The van der Waals surface area contributed by atoms with Gasteiger partial charge in [-0.15, -0.1) is 0 Å². The zero-order chi connectivity index (χ0) is 10.6. The number of hydrogen-bond donors (Lipinski definition) is 0. The van der Waals surface area contributed by atoms with Crippen LogP contribution in [0, 0.1) is 6.92 Å². The van der Waals surface area contributed by atoms with Gasteiger partial charge < -0.3 is 0 Å². The van der Waals surface area contributed by atoms with Crippen molar-refractivity contribution in [1.29, 1.82) is 0 Å². The second-order valence-corrected chi connectivity index (χ2v) is 4.34. The molecule has 0 atom stereocenters. The van der Waals surface area contributed by atoms with Crippen LogP contribution in [0.4, 0.5) is 0 Å². The van der Waals surface area contributed by atoms with Crippen LogP contribution in [0.25, 0.3) is 0 Å². The summed E-state index contributed by atoms with van der Waals surface area (Å²) in [6, 6.07) is 1.35. The first kappa shape index (κ1) is 11.6. The number of aromatic nitrogens is 2. The molecule has 0 saturated carbocycles. The summed E-state index contributed by atoms with van der Waals surface area (Å²) in [6.45, 7) is 2.52. The molecule has 0 bridgehead atoms. The Bertz CT molecular complexity index is 364.